The molecule has 0 aromatic carbocycles. The highest BCUT2D eigenvalue weighted by molar-refractivity contribution is 7.10. The number of hydrogen-bond acceptors (Lipinski definition) is 9. The van der Waals surface area contributed by atoms with E-state index in [1.807, 2.05) is 24.4 Å². The Kier molecular flexibility index (Phi) is 6.25. The van der Waals surface area contributed by atoms with Gasteiger partial charge >= 0.3 is 11.9 Å². The molecule has 0 aliphatic carbocycles. The third kappa shape index (κ3) is 4.28. The molecular formula is C19H20N4O5S. The van der Waals surface area contributed by atoms with Crippen molar-refractivity contribution in [3.05, 3.63) is 58.2 Å². The quantitative estimate of drug-likeness (QED) is 0.585. The summed E-state index contributed by atoms with van der Waals surface area (Å²) in [5, 5.41) is 8.06. The van der Waals surface area contributed by atoms with Gasteiger partial charge in [0, 0.05) is 31.6 Å². The number of thiophene rings is 1. The minimum atomic E-state index is -0.930. The number of carbonyl (C=O) groups excluding carboxylic acids is 3. The lowest BCUT2D eigenvalue weighted by Crippen LogP contribution is -2.53. The normalized spacial score (nSPS) is 17.3. The molecule has 3 rings (SSSR count). The molecule has 29 heavy (non-hydrogen) atoms. The number of amides is 1. The van der Waals surface area contributed by atoms with Crippen molar-refractivity contribution in [2.45, 2.75) is 19.9 Å². The number of likely N-dealkylation sites (N-methyl/N-ethyl adjacent to an activating group) is 2. The van der Waals surface area contributed by atoms with Crippen LogP contribution in [0.25, 0.3) is 0 Å². The van der Waals surface area contributed by atoms with Crippen molar-refractivity contribution in [2.75, 3.05) is 18.9 Å². The standard InChI is InChI=1S/C19H20N4O5S/c1-4-23-18(25)16(21-13-7-5-9-20-11-13)15(19(26)28-27-12(2)24)17(22(23)3)14-8-6-10-29-14/h5-11,17,21H,4H2,1-3H3. The van der Waals surface area contributed by atoms with E-state index in [1.54, 1.807) is 30.4 Å². The van der Waals surface area contributed by atoms with Gasteiger partial charge in [-0.25, -0.2) is 24.4 Å². The first-order valence-electron chi connectivity index (χ1n) is 8.82. The van der Waals surface area contributed by atoms with Crippen LogP contribution < -0.4 is 5.32 Å². The molecule has 1 unspecified atom stereocenters. The van der Waals surface area contributed by atoms with Gasteiger partial charge in [0.2, 0.25) is 0 Å². The van der Waals surface area contributed by atoms with E-state index in [9.17, 15) is 14.4 Å². The molecule has 3 heterocycles. The first-order chi connectivity index (χ1) is 13.9. The molecule has 1 N–H and O–H groups in total. The van der Waals surface area contributed by atoms with Crippen LogP contribution in [-0.4, -0.2) is 46.4 Å². The number of carbonyl (C=O) groups is 3. The molecule has 152 valence electrons. The van der Waals surface area contributed by atoms with Crippen LogP contribution in [0, 0.1) is 0 Å². The molecule has 0 saturated carbocycles. The van der Waals surface area contributed by atoms with Gasteiger partial charge in [0.25, 0.3) is 5.91 Å². The smallest absolute Gasteiger partial charge is 0.349 e. The van der Waals surface area contributed by atoms with Gasteiger partial charge in [0.1, 0.15) is 5.70 Å². The van der Waals surface area contributed by atoms with E-state index >= 15 is 0 Å². The second-order valence-corrected chi connectivity index (χ2v) is 7.09. The van der Waals surface area contributed by atoms with Gasteiger partial charge in [0.15, 0.2) is 0 Å². The first-order valence-corrected chi connectivity index (χ1v) is 9.70. The van der Waals surface area contributed by atoms with Crippen LogP contribution in [-0.2, 0) is 24.2 Å². The SMILES string of the molecule is CCN1C(=O)C(Nc2cccnc2)=C(C(=O)OOC(C)=O)C(c2cccs2)N1C. The molecule has 0 radical (unpaired) electrons. The van der Waals surface area contributed by atoms with Crippen LogP contribution in [0.4, 0.5) is 5.69 Å². The number of anilines is 1. The number of aromatic nitrogens is 1. The second kappa shape index (κ2) is 8.84. The van der Waals surface area contributed by atoms with E-state index in [1.165, 1.54) is 22.5 Å². The lowest BCUT2D eigenvalue weighted by Gasteiger charge is -2.42. The van der Waals surface area contributed by atoms with Crippen molar-refractivity contribution in [2.24, 2.45) is 0 Å². The highest BCUT2D eigenvalue weighted by Crippen LogP contribution is 2.38. The van der Waals surface area contributed by atoms with Crippen molar-refractivity contribution >= 4 is 34.9 Å². The minimum absolute atomic E-state index is 0.0357. The summed E-state index contributed by atoms with van der Waals surface area (Å²) in [6, 6.07) is 6.51. The van der Waals surface area contributed by atoms with Gasteiger partial charge in [-0.3, -0.25) is 14.8 Å². The van der Waals surface area contributed by atoms with Gasteiger partial charge in [0.05, 0.1) is 23.5 Å². The molecule has 0 spiro atoms. The molecule has 1 atom stereocenters. The van der Waals surface area contributed by atoms with Gasteiger partial charge in [-0.15, -0.1) is 11.3 Å². The third-order valence-corrected chi connectivity index (χ3v) is 5.17. The predicted octanol–water partition coefficient (Wildman–Crippen LogP) is 2.28. The Morgan fingerprint density at radius 1 is 1.28 bits per heavy atom. The zero-order chi connectivity index (χ0) is 21.0. The molecule has 1 amide bonds. The maximum Gasteiger partial charge on any atom is 0.386 e. The Balaban J connectivity index is 2.14. The molecule has 10 heteroatoms. The fraction of sp³-hybridized carbons (Fsp3) is 0.263. The lowest BCUT2D eigenvalue weighted by atomic mass is 9.99. The average molecular weight is 416 g/mol. The van der Waals surface area contributed by atoms with E-state index in [2.05, 4.69) is 15.2 Å². The molecular weight excluding hydrogens is 396 g/mol. The molecule has 0 bridgehead atoms. The molecule has 1 aliphatic rings. The molecule has 0 fully saturated rings. The Hall–Kier alpha value is -3.24. The van der Waals surface area contributed by atoms with Crippen LogP contribution >= 0.6 is 11.3 Å². The average Bonchev–Trinajstić information content (AvgIpc) is 3.23. The third-order valence-electron chi connectivity index (χ3n) is 4.24. The number of hydrogen-bond donors (Lipinski definition) is 1. The number of nitrogens with one attached hydrogen (secondary N) is 1. The van der Waals surface area contributed by atoms with Crippen LogP contribution in [0.2, 0.25) is 0 Å². The van der Waals surface area contributed by atoms with Crippen LogP contribution in [0.15, 0.2) is 53.3 Å². The number of pyridine rings is 1. The summed E-state index contributed by atoms with van der Waals surface area (Å²) in [5.74, 6) is -2.12. The van der Waals surface area contributed by atoms with Gasteiger partial charge in [-0.05, 0) is 30.5 Å². The van der Waals surface area contributed by atoms with E-state index in [4.69, 9.17) is 4.89 Å². The summed E-state index contributed by atoms with van der Waals surface area (Å²) in [7, 11) is 1.71. The molecule has 9 nitrogen and oxygen atoms in total. The maximum absolute atomic E-state index is 13.2. The first kappa shape index (κ1) is 20.5. The van der Waals surface area contributed by atoms with Crippen molar-refractivity contribution in [1.29, 1.82) is 0 Å². The molecule has 0 saturated heterocycles. The summed E-state index contributed by atoms with van der Waals surface area (Å²) in [6.07, 6.45) is 3.13. The zero-order valence-electron chi connectivity index (χ0n) is 16.1. The van der Waals surface area contributed by atoms with Crippen molar-refractivity contribution in [3.63, 3.8) is 0 Å². The highest BCUT2D eigenvalue weighted by atomic mass is 32.1. The van der Waals surface area contributed by atoms with Crippen molar-refractivity contribution in [3.8, 4) is 0 Å². The zero-order valence-corrected chi connectivity index (χ0v) is 16.9. The van der Waals surface area contributed by atoms with Crippen molar-refractivity contribution < 1.29 is 24.2 Å². The monoisotopic (exact) mass is 416 g/mol. The van der Waals surface area contributed by atoms with Crippen molar-refractivity contribution in [1.82, 2.24) is 15.0 Å². The lowest BCUT2D eigenvalue weighted by molar-refractivity contribution is -0.254. The fourth-order valence-corrected chi connectivity index (χ4v) is 3.92. The molecule has 2 aromatic rings. The highest BCUT2D eigenvalue weighted by Gasteiger charge is 2.43. The Morgan fingerprint density at radius 3 is 2.66 bits per heavy atom. The topological polar surface area (TPSA) is 101 Å². The minimum Gasteiger partial charge on any atom is -0.349 e. The number of nitrogens with zero attached hydrogens (tertiary/aromatic N) is 3. The van der Waals surface area contributed by atoms with Gasteiger partial charge in [-0.2, -0.15) is 0 Å². The predicted molar refractivity (Wildman–Crippen MR) is 105 cm³/mol. The van der Waals surface area contributed by atoms with Gasteiger partial charge < -0.3 is 5.32 Å². The fourth-order valence-electron chi connectivity index (χ4n) is 3.05. The number of rotatable bonds is 5. The molecule has 1 aliphatic heterocycles. The Morgan fingerprint density at radius 2 is 2.07 bits per heavy atom. The second-order valence-electron chi connectivity index (χ2n) is 6.11. The summed E-state index contributed by atoms with van der Waals surface area (Å²) < 4.78 is 0. The Bertz CT molecular complexity index is 929. The van der Waals surface area contributed by atoms with E-state index in [-0.39, 0.29) is 11.3 Å². The van der Waals surface area contributed by atoms with Crippen LogP contribution in [0.1, 0.15) is 24.8 Å². The summed E-state index contributed by atoms with van der Waals surface area (Å²) in [5.41, 5.74) is 0.599. The van der Waals surface area contributed by atoms with Gasteiger partial charge in [-0.1, -0.05) is 6.07 Å². The summed E-state index contributed by atoms with van der Waals surface area (Å²) in [6.45, 7) is 3.34. The Labute approximate surface area is 171 Å². The largest absolute Gasteiger partial charge is 0.386 e. The summed E-state index contributed by atoms with van der Waals surface area (Å²) >= 11 is 1.43. The summed E-state index contributed by atoms with van der Waals surface area (Å²) in [4.78, 5) is 51.2. The van der Waals surface area contributed by atoms with E-state index in [0.717, 1.165) is 11.8 Å². The molecule has 2 aromatic heterocycles. The number of hydrazine groups is 1. The maximum atomic E-state index is 13.2. The van der Waals surface area contributed by atoms with Crippen LogP contribution in [0.5, 0.6) is 0 Å². The van der Waals surface area contributed by atoms with E-state index < -0.39 is 23.9 Å². The van der Waals surface area contributed by atoms with E-state index in [0.29, 0.717) is 12.2 Å². The van der Waals surface area contributed by atoms with Crippen LogP contribution in [0.3, 0.4) is 0 Å².